The first kappa shape index (κ1) is 15.2. The van der Waals surface area contributed by atoms with Gasteiger partial charge in [0.25, 0.3) is 0 Å². The molecule has 1 saturated carbocycles. The molecule has 120 valence electrons. The maximum absolute atomic E-state index is 12.3. The predicted molar refractivity (Wildman–Crippen MR) is 83.1 cm³/mol. The molecule has 0 bridgehead atoms. The summed E-state index contributed by atoms with van der Waals surface area (Å²) in [6.45, 7) is 0. The van der Waals surface area contributed by atoms with Gasteiger partial charge >= 0.3 is 5.97 Å². The second-order valence-electron chi connectivity index (χ2n) is 5.77. The van der Waals surface area contributed by atoms with Gasteiger partial charge in [0.1, 0.15) is 0 Å². The zero-order chi connectivity index (χ0) is 16.2. The lowest BCUT2D eigenvalue weighted by molar-refractivity contribution is -0.143. The Kier molecular flexibility index (Phi) is 4.36. The molecule has 0 unspecified atom stereocenters. The average molecular weight is 314 g/mol. The normalized spacial score (nSPS) is 20.9. The van der Waals surface area contributed by atoms with Crippen LogP contribution in [0.5, 0.6) is 0 Å². The largest absolute Gasteiger partial charge is 0.481 e. The lowest BCUT2D eigenvalue weighted by Crippen LogP contribution is -2.29. The third kappa shape index (κ3) is 3.56. The van der Waals surface area contributed by atoms with E-state index in [1.807, 2.05) is 24.3 Å². The van der Waals surface area contributed by atoms with E-state index in [0.29, 0.717) is 31.4 Å². The van der Waals surface area contributed by atoms with E-state index in [4.69, 9.17) is 5.11 Å². The summed E-state index contributed by atoms with van der Waals surface area (Å²) in [5, 5.41) is 19.6. The number of benzene rings is 1. The monoisotopic (exact) mass is 314 g/mol. The molecule has 0 radical (unpaired) electrons. The van der Waals surface area contributed by atoms with Gasteiger partial charge in [0.15, 0.2) is 0 Å². The molecule has 0 saturated heterocycles. The molecule has 23 heavy (non-hydrogen) atoms. The van der Waals surface area contributed by atoms with E-state index in [0.717, 1.165) is 5.69 Å². The topological polar surface area (TPSA) is 97.1 Å². The summed E-state index contributed by atoms with van der Waals surface area (Å²) < 4.78 is 1.62. The zero-order valence-corrected chi connectivity index (χ0v) is 12.6. The number of rotatable bonds is 4. The van der Waals surface area contributed by atoms with Gasteiger partial charge in [-0.3, -0.25) is 9.59 Å². The fourth-order valence-corrected chi connectivity index (χ4v) is 2.92. The molecule has 1 heterocycles. The van der Waals surface area contributed by atoms with Gasteiger partial charge in [-0.25, -0.2) is 4.68 Å². The second kappa shape index (κ2) is 6.60. The molecule has 1 aliphatic rings. The van der Waals surface area contributed by atoms with Gasteiger partial charge in [-0.15, -0.1) is 5.10 Å². The Bertz CT molecular complexity index is 691. The number of amides is 1. The first-order valence-electron chi connectivity index (χ1n) is 7.64. The summed E-state index contributed by atoms with van der Waals surface area (Å²) in [6, 6.07) is 7.37. The first-order valence-corrected chi connectivity index (χ1v) is 7.64. The molecule has 3 rings (SSSR count). The Morgan fingerprint density at radius 2 is 1.91 bits per heavy atom. The fourth-order valence-electron chi connectivity index (χ4n) is 2.92. The van der Waals surface area contributed by atoms with Crippen molar-refractivity contribution in [1.29, 1.82) is 0 Å². The molecule has 2 aromatic rings. The number of hydrogen-bond donors (Lipinski definition) is 2. The van der Waals surface area contributed by atoms with Gasteiger partial charge in [0, 0.05) is 11.6 Å². The Morgan fingerprint density at radius 3 is 2.57 bits per heavy atom. The smallest absolute Gasteiger partial charge is 0.306 e. The van der Waals surface area contributed by atoms with Crippen LogP contribution in [0.25, 0.3) is 5.69 Å². The number of nitrogens with one attached hydrogen (secondary N) is 1. The van der Waals surface area contributed by atoms with Crippen LogP contribution in [0.1, 0.15) is 25.7 Å². The standard InChI is InChI=1S/C16H18N4O3/c21-15(11-4-6-12(7-5-11)16(22)23)18-13-2-1-3-14(10-13)20-9-8-17-19-20/h1-3,8-12H,4-7H2,(H,18,21)(H,22,23). The van der Waals surface area contributed by atoms with Crippen LogP contribution in [0.15, 0.2) is 36.7 Å². The van der Waals surface area contributed by atoms with Crippen LogP contribution in [-0.2, 0) is 9.59 Å². The molecule has 7 heteroatoms. The van der Waals surface area contributed by atoms with Gasteiger partial charge in [-0.05, 0) is 43.9 Å². The van der Waals surface area contributed by atoms with Crippen LogP contribution >= 0.6 is 0 Å². The van der Waals surface area contributed by atoms with Crippen molar-refractivity contribution < 1.29 is 14.7 Å². The van der Waals surface area contributed by atoms with Crippen LogP contribution in [0.4, 0.5) is 5.69 Å². The molecule has 0 spiro atoms. The molecule has 1 aromatic heterocycles. The van der Waals surface area contributed by atoms with Crippen LogP contribution in [0, 0.1) is 11.8 Å². The van der Waals surface area contributed by atoms with Crippen molar-refractivity contribution >= 4 is 17.6 Å². The molecule has 7 nitrogen and oxygen atoms in total. The van der Waals surface area contributed by atoms with Crippen LogP contribution < -0.4 is 5.32 Å². The van der Waals surface area contributed by atoms with E-state index in [2.05, 4.69) is 15.6 Å². The van der Waals surface area contributed by atoms with E-state index in [9.17, 15) is 9.59 Å². The Hall–Kier alpha value is -2.70. The van der Waals surface area contributed by atoms with Gasteiger partial charge in [0.05, 0.1) is 24.0 Å². The lowest BCUT2D eigenvalue weighted by atomic mass is 9.81. The quantitative estimate of drug-likeness (QED) is 0.900. The number of carboxylic acid groups (broad SMARTS) is 1. The van der Waals surface area contributed by atoms with E-state index in [-0.39, 0.29) is 17.7 Å². The second-order valence-corrected chi connectivity index (χ2v) is 5.77. The summed E-state index contributed by atoms with van der Waals surface area (Å²) in [4.78, 5) is 23.3. The molecule has 1 amide bonds. The van der Waals surface area contributed by atoms with Gasteiger partial charge in [0.2, 0.25) is 5.91 Å². The van der Waals surface area contributed by atoms with Crippen molar-refractivity contribution in [2.24, 2.45) is 11.8 Å². The third-order valence-electron chi connectivity index (χ3n) is 4.25. The molecular formula is C16H18N4O3. The minimum atomic E-state index is -0.760. The average Bonchev–Trinajstić information content (AvgIpc) is 3.10. The molecule has 1 aliphatic carbocycles. The first-order chi connectivity index (χ1) is 11.1. The minimum Gasteiger partial charge on any atom is -0.481 e. The number of aliphatic carboxylic acids is 1. The van der Waals surface area contributed by atoms with Gasteiger partial charge < -0.3 is 10.4 Å². The Labute approximate surface area is 133 Å². The highest BCUT2D eigenvalue weighted by atomic mass is 16.4. The third-order valence-corrected chi connectivity index (χ3v) is 4.25. The maximum atomic E-state index is 12.3. The Morgan fingerprint density at radius 1 is 1.17 bits per heavy atom. The summed E-state index contributed by atoms with van der Waals surface area (Å²) in [6.07, 6.45) is 5.68. The van der Waals surface area contributed by atoms with Crippen molar-refractivity contribution in [3.63, 3.8) is 0 Å². The van der Waals surface area contributed by atoms with Crippen molar-refractivity contribution in [2.45, 2.75) is 25.7 Å². The van der Waals surface area contributed by atoms with Crippen LogP contribution in [-0.4, -0.2) is 32.0 Å². The molecule has 1 fully saturated rings. The Balaban J connectivity index is 1.62. The summed E-state index contributed by atoms with van der Waals surface area (Å²) >= 11 is 0. The number of carbonyl (C=O) groups is 2. The number of carboxylic acids is 1. The van der Waals surface area contributed by atoms with E-state index in [1.54, 1.807) is 17.1 Å². The number of nitrogens with zero attached hydrogens (tertiary/aromatic N) is 3. The molecule has 2 N–H and O–H groups in total. The highest BCUT2D eigenvalue weighted by Gasteiger charge is 2.29. The van der Waals surface area contributed by atoms with Crippen molar-refractivity contribution in [3.8, 4) is 5.69 Å². The molecular weight excluding hydrogens is 296 g/mol. The maximum Gasteiger partial charge on any atom is 0.306 e. The number of hydrogen-bond acceptors (Lipinski definition) is 4. The van der Waals surface area contributed by atoms with E-state index >= 15 is 0 Å². The van der Waals surface area contributed by atoms with E-state index in [1.165, 1.54) is 0 Å². The van der Waals surface area contributed by atoms with Gasteiger partial charge in [-0.2, -0.15) is 0 Å². The number of anilines is 1. The van der Waals surface area contributed by atoms with Crippen LogP contribution in [0.2, 0.25) is 0 Å². The minimum absolute atomic E-state index is 0.0513. The summed E-state index contributed by atoms with van der Waals surface area (Å²) in [7, 11) is 0. The molecule has 1 aromatic carbocycles. The van der Waals surface area contributed by atoms with E-state index < -0.39 is 5.97 Å². The predicted octanol–water partition coefficient (Wildman–Crippen LogP) is 2.10. The number of carbonyl (C=O) groups excluding carboxylic acids is 1. The van der Waals surface area contributed by atoms with Crippen molar-refractivity contribution in [3.05, 3.63) is 36.7 Å². The number of aromatic nitrogens is 3. The van der Waals surface area contributed by atoms with Crippen LogP contribution in [0.3, 0.4) is 0 Å². The molecule has 0 atom stereocenters. The highest BCUT2D eigenvalue weighted by molar-refractivity contribution is 5.93. The van der Waals surface area contributed by atoms with Crippen molar-refractivity contribution in [1.82, 2.24) is 15.0 Å². The lowest BCUT2D eigenvalue weighted by Gasteiger charge is -2.25. The highest BCUT2D eigenvalue weighted by Crippen LogP contribution is 2.30. The molecule has 0 aliphatic heterocycles. The summed E-state index contributed by atoms with van der Waals surface area (Å²) in [5.41, 5.74) is 1.51. The fraction of sp³-hybridized carbons (Fsp3) is 0.375. The van der Waals surface area contributed by atoms with Gasteiger partial charge in [-0.1, -0.05) is 11.3 Å². The zero-order valence-electron chi connectivity index (χ0n) is 12.6. The SMILES string of the molecule is O=C(O)C1CCC(C(=O)Nc2cccc(-n3ccnn3)c2)CC1. The summed E-state index contributed by atoms with van der Waals surface area (Å²) in [5.74, 6) is -1.25. The van der Waals surface area contributed by atoms with Crippen molar-refractivity contribution in [2.75, 3.05) is 5.32 Å².